The molecule has 0 amide bonds. The Kier molecular flexibility index (Phi) is 2.75. The topological polar surface area (TPSA) is 96.3 Å². The Morgan fingerprint density at radius 2 is 1.91 bits per heavy atom. The van der Waals surface area contributed by atoms with E-state index < -0.39 is 0 Å². The van der Waals surface area contributed by atoms with E-state index in [1.165, 1.54) is 0 Å². The van der Waals surface area contributed by atoms with Crippen LogP contribution < -0.4 is 20.9 Å². The second-order valence-corrected chi connectivity index (χ2v) is 5.06. The van der Waals surface area contributed by atoms with E-state index in [-0.39, 0.29) is 5.95 Å². The summed E-state index contributed by atoms with van der Waals surface area (Å²) >= 11 is 0. The number of hydrogen-bond acceptors (Lipinski definition) is 6. The number of ether oxygens (including phenoxy) is 2. The molecule has 6 nitrogen and oxygen atoms in total. The van der Waals surface area contributed by atoms with Crippen LogP contribution >= 0.6 is 0 Å². The standard InChI is InChI=1S/C16H14N4O2/c17-15-13-11(19-16(18)20-15)8-12(10-6-7-21-14(10)13)22-9-4-2-1-3-5-9/h1-5,8H,6-7H2,(H4,17,18,19,20). The van der Waals surface area contributed by atoms with Gasteiger partial charge in [-0.3, -0.25) is 0 Å². The van der Waals surface area contributed by atoms with Crippen LogP contribution in [0.15, 0.2) is 36.4 Å². The normalized spacial score (nSPS) is 12.9. The fourth-order valence-corrected chi connectivity index (χ4v) is 2.68. The highest BCUT2D eigenvalue weighted by Gasteiger charge is 2.24. The first kappa shape index (κ1) is 12.7. The molecule has 22 heavy (non-hydrogen) atoms. The van der Waals surface area contributed by atoms with Crippen LogP contribution in [0.1, 0.15) is 5.56 Å². The number of nitrogens with zero attached hydrogens (tertiary/aromatic N) is 2. The number of nitrogen functional groups attached to an aromatic ring is 2. The summed E-state index contributed by atoms with van der Waals surface area (Å²) in [4.78, 5) is 8.26. The van der Waals surface area contributed by atoms with Crippen molar-refractivity contribution in [2.45, 2.75) is 6.42 Å². The maximum Gasteiger partial charge on any atom is 0.222 e. The molecule has 1 aliphatic rings. The predicted molar refractivity (Wildman–Crippen MR) is 84.1 cm³/mol. The number of fused-ring (bicyclic) bond motifs is 3. The third-order valence-corrected chi connectivity index (χ3v) is 3.62. The number of hydrogen-bond donors (Lipinski definition) is 2. The molecule has 2 aromatic carbocycles. The fourth-order valence-electron chi connectivity index (χ4n) is 2.68. The maximum absolute atomic E-state index is 5.99. The molecular weight excluding hydrogens is 280 g/mol. The molecule has 0 bridgehead atoms. The lowest BCUT2D eigenvalue weighted by atomic mass is 10.1. The molecule has 0 radical (unpaired) electrons. The number of aromatic nitrogens is 2. The van der Waals surface area contributed by atoms with Crippen molar-refractivity contribution >= 4 is 22.7 Å². The summed E-state index contributed by atoms with van der Waals surface area (Å²) < 4.78 is 11.7. The summed E-state index contributed by atoms with van der Waals surface area (Å²) in [5.41, 5.74) is 13.3. The molecule has 0 aliphatic carbocycles. The molecule has 0 fully saturated rings. The average Bonchev–Trinajstić information content (AvgIpc) is 2.97. The second kappa shape index (κ2) is 4.77. The number of nitrogens with two attached hydrogens (primary N) is 2. The molecule has 0 unspecified atom stereocenters. The van der Waals surface area contributed by atoms with Crippen molar-refractivity contribution in [2.24, 2.45) is 0 Å². The summed E-state index contributed by atoms with van der Waals surface area (Å²) in [7, 11) is 0. The minimum atomic E-state index is 0.133. The zero-order chi connectivity index (χ0) is 15.1. The number of para-hydroxylation sites is 1. The largest absolute Gasteiger partial charge is 0.492 e. The van der Waals surface area contributed by atoms with Crippen LogP contribution in [0.3, 0.4) is 0 Å². The van der Waals surface area contributed by atoms with Gasteiger partial charge in [0.15, 0.2) is 0 Å². The molecule has 0 saturated carbocycles. The van der Waals surface area contributed by atoms with Crippen LogP contribution in [0.25, 0.3) is 10.9 Å². The van der Waals surface area contributed by atoms with Gasteiger partial charge in [-0.1, -0.05) is 18.2 Å². The van der Waals surface area contributed by atoms with Crippen LogP contribution in [0.2, 0.25) is 0 Å². The SMILES string of the molecule is Nc1nc(N)c2c3c(c(Oc4ccccc4)cc2n1)CCO3. The molecule has 4 rings (SSSR count). The molecular formula is C16H14N4O2. The molecule has 2 heterocycles. The Morgan fingerprint density at radius 3 is 2.73 bits per heavy atom. The molecule has 6 heteroatoms. The van der Waals surface area contributed by atoms with E-state index in [4.69, 9.17) is 20.9 Å². The predicted octanol–water partition coefficient (Wildman–Crippen LogP) is 2.52. The molecule has 3 aromatic rings. The lowest BCUT2D eigenvalue weighted by Crippen LogP contribution is -2.02. The van der Waals surface area contributed by atoms with Crippen molar-refractivity contribution in [3.05, 3.63) is 42.0 Å². The van der Waals surface area contributed by atoms with Gasteiger partial charge in [0.1, 0.15) is 23.1 Å². The Morgan fingerprint density at radius 1 is 1.09 bits per heavy atom. The third-order valence-electron chi connectivity index (χ3n) is 3.62. The van der Waals surface area contributed by atoms with Crippen LogP contribution in [0, 0.1) is 0 Å². The van der Waals surface area contributed by atoms with E-state index in [0.29, 0.717) is 34.8 Å². The highest BCUT2D eigenvalue weighted by Crippen LogP contribution is 2.43. The van der Waals surface area contributed by atoms with Crippen LogP contribution in [-0.2, 0) is 6.42 Å². The van der Waals surface area contributed by atoms with Gasteiger partial charge in [-0.2, -0.15) is 4.98 Å². The fraction of sp³-hybridized carbons (Fsp3) is 0.125. The maximum atomic E-state index is 5.99. The van der Waals surface area contributed by atoms with Gasteiger partial charge < -0.3 is 20.9 Å². The summed E-state index contributed by atoms with van der Waals surface area (Å²) in [5.74, 6) is 2.62. The van der Waals surface area contributed by atoms with Gasteiger partial charge in [-0.25, -0.2) is 4.98 Å². The monoisotopic (exact) mass is 294 g/mol. The van der Waals surface area contributed by atoms with E-state index in [1.54, 1.807) is 0 Å². The van der Waals surface area contributed by atoms with Crippen LogP contribution in [-0.4, -0.2) is 16.6 Å². The average molecular weight is 294 g/mol. The minimum Gasteiger partial charge on any atom is -0.492 e. The summed E-state index contributed by atoms with van der Waals surface area (Å²) in [6, 6.07) is 11.4. The summed E-state index contributed by atoms with van der Waals surface area (Å²) in [6.45, 7) is 0.587. The third kappa shape index (κ3) is 1.96. The molecule has 0 atom stereocenters. The van der Waals surface area contributed by atoms with Crippen molar-refractivity contribution in [1.82, 2.24) is 9.97 Å². The van der Waals surface area contributed by atoms with Gasteiger partial charge >= 0.3 is 0 Å². The van der Waals surface area contributed by atoms with Crippen molar-refractivity contribution in [3.63, 3.8) is 0 Å². The lowest BCUT2D eigenvalue weighted by molar-refractivity contribution is 0.360. The number of rotatable bonds is 2. The van der Waals surface area contributed by atoms with Crippen LogP contribution in [0.5, 0.6) is 17.2 Å². The summed E-state index contributed by atoms with van der Waals surface area (Å²) in [5, 5.41) is 0.696. The van der Waals surface area contributed by atoms with Gasteiger partial charge in [0, 0.05) is 18.1 Å². The Hall–Kier alpha value is -3.02. The summed E-state index contributed by atoms with van der Waals surface area (Å²) in [6.07, 6.45) is 0.761. The zero-order valence-electron chi connectivity index (χ0n) is 11.7. The Balaban J connectivity index is 1.92. The quantitative estimate of drug-likeness (QED) is 0.754. The number of anilines is 2. The Labute approximate surface area is 126 Å². The highest BCUT2D eigenvalue weighted by atomic mass is 16.5. The first-order chi connectivity index (χ1) is 10.7. The second-order valence-electron chi connectivity index (χ2n) is 5.06. The molecule has 1 aliphatic heterocycles. The molecule has 0 spiro atoms. The molecule has 0 saturated heterocycles. The minimum absolute atomic E-state index is 0.133. The first-order valence-corrected chi connectivity index (χ1v) is 6.96. The van der Waals surface area contributed by atoms with Crippen molar-refractivity contribution < 1.29 is 9.47 Å². The number of benzene rings is 2. The van der Waals surface area contributed by atoms with Gasteiger partial charge in [0.25, 0.3) is 0 Å². The van der Waals surface area contributed by atoms with E-state index >= 15 is 0 Å². The van der Waals surface area contributed by atoms with Crippen molar-refractivity contribution in [2.75, 3.05) is 18.1 Å². The smallest absolute Gasteiger partial charge is 0.222 e. The van der Waals surface area contributed by atoms with Gasteiger partial charge in [-0.05, 0) is 12.1 Å². The van der Waals surface area contributed by atoms with Gasteiger partial charge in [0.05, 0.1) is 17.5 Å². The van der Waals surface area contributed by atoms with Gasteiger partial charge in [-0.15, -0.1) is 0 Å². The first-order valence-electron chi connectivity index (χ1n) is 6.96. The van der Waals surface area contributed by atoms with Gasteiger partial charge in [0.2, 0.25) is 5.95 Å². The Bertz CT molecular complexity index is 865. The molecule has 110 valence electrons. The highest BCUT2D eigenvalue weighted by molar-refractivity contribution is 5.97. The molecule has 4 N–H and O–H groups in total. The zero-order valence-corrected chi connectivity index (χ0v) is 11.7. The van der Waals surface area contributed by atoms with Crippen molar-refractivity contribution in [3.8, 4) is 17.2 Å². The van der Waals surface area contributed by atoms with Crippen LogP contribution in [0.4, 0.5) is 11.8 Å². The lowest BCUT2D eigenvalue weighted by Gasteiger charge is -2.13. The molecule has 1 aromatic heterocycles. The van der Waals surface area contributed by atoms with Crippen molar-refractivity contribution in [1.29, 1.82) is 0 Å². The van der Waals surface area contributed by atoms with E-state index in [2.05, 4.69) is 9.97 Å². The van der Waals surface area contributed by atoms with E-state index in [9.17, 15) is 0 Å². The van der Waals surface area contributed by atoms with E-state index in [0.717, 1.165) is 17.7 Å². The van der Waals surface area contributed by atoms with E-state index in [1.807, 2.05) is 36.4 Å².